The molecule has 3 amide bonds. The van der Waals surface area contributed by atoms with Crippen molar-refractivity contribution in [1.29, 1.82) is 0 Å². The number of carbonyl (C=O) groups excluding carboxylic acids is 2. The number of urea groups is 1. The first-order chi connectivity index (χ1) is 10.0. The average molecular weight is 292 g/mol. The highest BCUT2D eigenvalue weighted by atomic mass is 16.2. The number of hydrogen-bond donors (Lipinski definition) is 2. The first-order valence-corrected chi connectivity index (χ1v) is 7.23. The van der Waals surface area contributed by atoms with Crippen molar-refractivity contribution in [2.24, 2.45) is 5.92 Å². The van der Waals surface area contributed by atoms with Gasteiger partial charge in [-0.15, -0.1) is 0 Å². The van der Waals surface area contributed by atoms with E-state index in [1.807, 2.05) is 0 Å². The van der Waals surface area contributed by atoms with Gasteiger partial charge >= 0.3 is 6.03 Å². The summed E-state index contributed by atoms with van der Waals surface area (Å²) in [6.45, 7) is 6.28. The predicted molar refractivity (Wildman–Crippen MR) is 74.2 cm³/mol. The summed E-state index contributed by atoms with van der Waals surface area (Å²) >= 11 is 0. The van der Waals surface area contributed by atoms with Gasteiger partial charge in [0.15, 0.2) is 0 Å². The topological polar surface area (TPSA) is 92.2 Å². The van der Waals surface area contributed by atoms with E-state index in [1.165, 1.54) is 11.2 Å². The minimum absolute atomic E-state index is 0.166. The van der Waals surface area contributed by atoms with Crippen molar-refractivity contribution in [3.63, 3.8) is 0 Å². The third kappa shape index (κ3) is 2.39. The standard InChI is InChI=1S/C13H20N6O2/c1-9(2)5-19-10(15-8-16-19)6-18-11(20)13(17-12(18)21)3-4-14-7-13/h8-9,14H,3-7H2,1-2H3,(H,17,21). The lowest BCUT2D eigenvalue weighted by molar-refractivity contribution is -0.131. The largest absolute Gasteiger partial charge is 0.325 e. The van der Waals surface area contributed by atoms with Crippen molar-refractivity contribution in [2.45, 2.75) is 38.9 Å². The van der Waals surface area contributed by atoms with Gasteiger partial charge < -0.3 is 10.6 Å². The normalized spacial score (nSPS) is 25.4. The molecule has 3 heterocycles. The number of imide groups is 1. The van der Waals surface area contributed by atoms with Gasteiger partial charge in [0.25, 0.3) is 5.91 Å². The number of nitrogens with zero attached hydrogens (tertiary/aromatic N) is 4. The Labute approximate surface area is 122 Å². The maximum absolute atomic E-state index is 12.5. The lowest BCUT2D eigenvalue weighted by Crippen LogP contribution is -2.48. The highest BCUT2D eigenvalue weighted by Crippen LogP contribution is 2.25. The van der Waals surface area contributed by atoms with Crippen LogP contribution in [0.5, 0.6) is 0 Å². The molecule has 0 radical (unpaired) electrons. The highest BCUT2D eigenvalue weighted by molar-refractivity contribution is 6.07. The molecule has 0 aliphatic carbocycles. The molecule has 1 atom stereocenters. The molecule has 2 aliphatic rings. The molecule has 8 nitrogen and oxygen atoms in total. The second-order valence-electron chi connectivity index (χ2n) is 6.08. The molecule has 8 heteroatoms. The Kier molecular flexibility index (Phi) is 3.40. The fourth-order valence-electron chi connectivity index (χ4n) is 2.85. The Hall–Kier alpha value is -1.96. The van der Waals surface area contributed by atoms with E-state index in [2.05, 4.69) is 34.6 Å². The van der Waals surface area contributed by atoms with Gasteiger partial charge in [-0.3, -0.25) is 9.69 Å². The zero-order valence-corrected chi connectivity index (χ0v) is 12.3. The van der Waals surface area contributed by atoms with Crippen molar-refractivity contribution in [1.82, 2.24) is 30.3 Å². The second kappa shape index (κ2) is 5.10. The van der Waals surface area contributed by atoms with E-state index in [0.717, 1.165) is 6.54 Å². The molecular weight excluding hydrogens is 272 g/mol. The van der Waals surface area contributed by atoms with Crippen LogP contribution in [-0.4, -0.2) is 50.2 Å². The van der Waals surface area contributed by atoms with Crippen LogP contribution < -0.4 is 10.6 Å². The zero-order valence-electron chi connectivity index (χ0n) is 12.3. The molecule has 0 aromatic carbocycles. The fourth-order valence-corrected chi connectivity index (χ4v) is 2.85. The van der Waals surface area contributed by atoms with E-state index >= 15 is 0 Å². The fraction of sp³-hybridized carbons (Fsp3) is 0.692. The highest BCUT2D eigenvalue weighted by Gasteiger charge is 2.52. The van der Waals surface area contributed by atoms with Gasteiger partial charge in [-0.25, -0.2) is 14.5 Å². The zero-order chi connectivity index (χ0) is 15.0. The quantitative estimate of drug-likeness (QED) is 0.745. The number of rotatable bonds is 4. The summed E-state index contributed by atoms with van der Waals surface area (Å²) in [5.41, 5.74) is -0.764. The third-order valence-electron chi connectivity index (χ3n) is 3.93. The minimum atomic E-state index is -0.764. The monoisotopic (exact) mass is 292 g/mol. The maximum Gasteiger partial charge on any atom is 0.325 e. The van der Waals surface area contributed by atoms with Gasteiger partial charge in [0.05, 0.1) is 6.54 Å². The number of amides is 3. The van der Waals surface area contributed by atoms with Crippen LogP contribution in [0, 0.1) is 5.92 Å². The van der Waals surface area contributed by atoms with E-state index in [-0.39, 0.29) is 18.5 Å². The predicted octanol–water partition coefficient (Wildman–Crippen LogP) is -0.282. The van der Waals surface area contributed by atoms with Crippen molar-refractivity contribution in [3.05, 3.63) is 12.2 Å². The Morgan fingerprint density at radius 3 is 2.90 bits per heavy atom. The maximum atomic E-state index is 12.5. The Morgan fingerprint density at radius 1 is 1.43 bits per heavy atom. The van der Waals surface area contributed by atoms with Crippen molar-refractivity contribution in [2.75, 3.05) is 13.1 Å². The summed E-state index contributed by atoms with van der Waals surface area (Å²) in [5.74, 6) is 0.880. The third-order valence-corrected chi connectivity index (χ3v) is 3.93. The molecule has 2 aliphatic heterocycles. The SMILES string of the molecule is CC(C)Cn1ncnc1CN1C(=O)NC2(CCNC2)C1=O. The number of carbonyl (C=O) groups is 2. The van der Waals surface area contributed by atoms with Crippen LogP contribution in [0.1, 0.15) is 26.1 Å². The summed E-state index contributed by atoms with van der Waals surface area (Å²) < 4.78 is 1.75. The summed E-state index contributed by atoms with van der Waals surface area (Å²) in [7, 11) is 0. The van der Waals surface area contributed by atoms with Crippen LogP contribution in [-0.2, 0) is 17.9 Å². The minimum Gasteiger partial charge on any atom is -0.322 e. The van der Waals surface area contributed by atoms with Gasteiger partial charge in [-0.1, -0.05) is 13.8 Å². The average Bonchev–Trinajstić information content (AvgIpc) is 3.09. The molecule has 1 aromatic rings. The first kappa shape index (κ1) is 14.0. The smallest absolute Gasteiger partial charge is 0.322 e. The van der Waals surface area contributed by atoms with E-state index in [4.69, 9.17) is 0 Å². The molecule has 1 aromatic heterocycles. The number of hydrogen-bond acceptors (Lipinski definition) is 5. The molecule has 3 rings (SSSR count). The summed E-state index contributed by atoms with van der Waals surface area (Å²) in [6, 6.07) is -0.345. The Bertz CT molecular complexity index is 561. The molecular formula is C13H20N6O2. The van der Waals surface area contributed by atoms with Crippen LogP contribution in [0.15, 0.2) is 6.33 Å². The van der Waals surface area contributed by atoms with Gasteiger partial charge in [0.1, 0.15) is 17.7 Å². The lowest BCUT2D eigenvalue weighted by atomic mass is 9.99. The lowest BCUT2D eigenvalue weighted by Gasteiger charge is -2.19. The number of nitrogens with one attached hydrogen (secondary N) is 2. The molecule has 0 saturated carbocycles. The van der Waals surface area contributed by atoms with Crippen molar-refractivity contribution in [3.8, 4) is 0 Å². The van der Waals surface area contributed by atoms with Gasteiger partial charge in [0.2, 0.25) is 0 Å². The van der Waals surface area contributed by atoms with E-state index in [9.17, 15) is 9.59 Å². The van der Waals surface area contributed by atoms with Gasteiger partial charge in [0, 0.05) is 13.1 Å². The second-order valence-corrected chi connectivity index (χ2v) is 6.08. The molecule has 0 bridgehead atoms. The van der Waals surface area contributed by atoms with Gasteiger partial charge in [-0.2, -0.15) is 5.10 Å². The molecule has 2 fully saturated rings. The molecule has 114 valence electrons. The Balaban J connectivity index is 1.77. The summed E-state index contributed by atoms with van der Waals surface area (Å²) in [4.78, 5) is 30.1. The summed E-state index contributed by atoms with van der Waals surface area (Å²) in [5, 5.41) is 10.1. The van der Waals surface area contributed by atoms with Crippen LogP contribution in [0.3, 0.4) is 0 Å². The molecule has 1 unspecified atom stereocenters. The number of aromatic nitrogens is 3. The van der Waals surface area contributed by atoms with Crippen molar-refractivity contribution >= 4 is 11.9 Å². The Morgan fingerprint density at radius 2 is 2.24 bits per heavy atom. The van der Waals surface area contributed by atoms with Crippen LogP contribution in [0.4, 0.5) is 4.79 Å². The molecule has 2 N–H and O–H groups in total. The van der Waals surface area contributed by atoms with E-state index < -0.39 is 5.54 Å². The van der Waals surface area contributed by atoms with Crippen LogP contribution in [0.2, 0.25) is 0 Å². The molecule has 21 heavy (non-hydrogen) atoms. The van der Waals surface area contributed by atoms with Crippen LogP contribution >= 0.6 is 0 Å². The molecule has 2 saturated heterocycles. The molecule has 1 spiro atoms. The summed E-state index contributed by atoms with van der Waals surface area (Å²) in [6.07, 6.45) is 2.09. The first-order valence-electron chi connectivity index (χ1n) is 7.23. The van der Waals surface area contributed by atoms with E-state index in [1.54, 1.807) is 4.68 Å². The van der Waals surface area contributed by atoms with Crippen molar-refractivity contribution < 1.29 is 9.59 Å². The van der Waals surface area contributed by atoms with E-state index in [0.29, 0.717) is 31.3 Å². The van der Waals surface area contributed by atoms with Gasteiger partial charge in [-0.05, 0) is 18.9 Å². The van der Waals surface area contributed by atoms with Crippen LogP contribution in [0.25, 0.3) is 0 Å².